The number of hydrogen-bond acceptors (Lipinski definition) is 3. The van der Waals surface area contributed by atoms with Crippen LogP contribution in [0.25, 0.3) is 0 Å². The van der Waals surface area contributed by atoms with Crippen molar-refractivity contribution in [2.75, 3.05) is 14.1 Å². The van der Waals surface area contributed by atoms with Crippen molar-refractivity contribution in [2.45, 2.75) is 32.9 Å². The molecule has 0 bridgehead atoms. The lowest BCUT2D eigenvalue weighted by molar-refractivity contribution is -0.119. The molecule has 1 aliphatic heterocycles. The lowest BCUT2D eigenvalue weighted by atomic mass is 9.76. The summed E-state index contributed by atoms with van der Waals surface area (Å²) in [5, 5.41) is 0.571. The third-order valence-corrected chi connectivity index (χ3v) is 3.42. The molecule has 1 heterocycles. The smallest absolute Gasteiger partial charge is 0.188 e. The lowest BCUT2D eigenvalue weighted by Crippen LogP contribution is -2.37. The van der Waals surface area contributed by atoms with Gasteiger partial charge >= 0.3 is 0 Å². The first-order valence-electron chi connectivity index (χ1n) is 5.77. The van der Waals surface area contributed by atoms with Gasteiger partial charge in [-0.3, -0.25) is 9.69 Å². The minimum atomic E-state index is -0.267. The molecule has 1 aliphatic carbocycles. The average Bonchev–Trinajstić information content (AvgIpc) is 2.17. The minimum absolute atomic E-state index is 0.0234. The van der Waals surface area contributed by atoms with Gasteiger partial charge in [0, 0.05) is 12.8 Å². The summed E-state index contributed by atoms with van der Waals surface area (Å²) >= 11 is 6.14. The first-order chi connectivity index (χ1) is 7.80. The third-order valence-electron chi connectivity index (χ3n) is 3.12. The average molecular weight is 256 g/mol. The van der Waals surface area contributed by atoms with Crippen molar-refractivity contribution >= 4 is 17.4 Å². The fourth-order valence-electron chi connectivity index (χ4n) is 2.30. The summed E-state index contributed by atoms with van der Waals surface area (Å²) in [6.07, 6.45) is 2.85. The second-order valence-corrected chi connectivity index (χ2v) is 6.18. The van der Waals surface area contributed by atoms with Gasteiger partial charge in [0.25, 0.3) is 0 Å². The maximum absolute atomic E-state index is 12.0. The van der Waals surface area contributed by atoms with Gasteiger partial charge in [-0.25, -0.2) is 0 Å². The molecule has 94 valence electrons. The lowest BCUT2D eigenvalue weighted by Gasteiger charge is -2.37. The predicted octanol–water partition coefficient (Wildman–Crippen LogP) is 2.67. The molecule has 17 heavy (non-hydrogen) atoms. The molecule has 0 radical (unpaired) electrons. The van der Waals surface area contributed by atoms with Crippen LogP contribution >= 0.6 is 11.6 Å². The van der Waals surface area contributed by atoms with Crippen molar-refractivity contribution in [2.24, 2.45) is 5.41 Å². The van der Waals surface area contributed by atoms with Crippen LogP contribution in [0.3, 0.4) is 0 Å². The molecular weight excluding hydrogens is 238 g/mol. The zero-order valence-corrected chi connectivity index (χ0v) is 11.5. The van der Waals surface area contributed by atoms with E-state index in [2.05, 4.69) is 13.8 Å². The quantitative estimate of drug-likeness (QED) is 0.722. The summed E-state index contributed by atoms with van der Waals surface area (Å²) in [5.41, 5.74) is 0.636. The third kappa shape index (κ3) is 2.40. The predicted molar refractivity (Wildman–Crippen MR) is 67.5 cm³/mol. The van der Waals surface area contributed by atoms with Crippen molar-refractivity contribution in [3.63, 3.8) is 0 Å². The number of allylic oxidation sites excluding steroid dienone is 3. The second kappa shape index (κ2) is 4.14. The Bertz CT molecular complexity index is 421. The Kier molecular flexibility index (Phi) is 3.08. The van der Waals surface area contributed by atoms with Crippen molar-refractivity contribution < 1.29 is 9.53 Å². The Balaban J connectivity index is 2.35. The monoisotopic (exact) mass is 255 g/mol. The van der Waals surface area contributed by atoms with Gasteiger partial charge in [-0.2, -0.15) is 0 Å². The summed E-state index contributed by atoms with van der Waals surface area (Å²) < 4.78 is 5.85. The van der Waals surface area contributed by atoms with E-state index in [0.717, 1.165) is 12.2 Å². The van der Waals surface area contributed by atoms with Crippen LogP contribution < -0.4 is 0 Å². The second-order valence-electron chi connectivity index (χ2n) is 5.74. The minimum Gasteiger partial charge on any atom is -0.474 e. The van der Waals surface area contributed by atoms with Gasteiger partial charge in [0.05, 0.1) is 10.6 Å². The molecule has 3 nitrogen and oxygen atoms in total. The molecule has 1 unspecified atom stereocenters. The molecule has 2 aliphatic rings. The van der Waals surface area contributed by atoms with E-state index < -0.39 is 0 Å². The molecule has 0 amide bonds. The normalized spacial score (nSPS) is 27.8. The maximum Gasteiger partial charge on any atom is 0.188 e. The number of ketones is 1. The Morgan fingerprint density at radius 3 is 2.65 bits per heavy atom. The molecule has 0 aromatic rings. The first kappa shape index (κ1) is 12.7. The van der Waals surface area contributed by atoms with Crippen LogP contribution in [0, 0.1) is 5.41 Å². The fraction of sp³-hybridized carbons (Fsp3) is 0.615. The molecule has 0 saturated heterocycles. The number of ether oxygens (including phenoxy) is 1. The van der Waals surface area contributed by atoms with Crippen LogP contribution in [-0.2, 0) is 9.53 Å². The van der Waals surface area contributed by atoms with Crippen LogP contribution in [0.5, 0.6) is 0 Å². The summed E-state index contributed by atoms with van der Waals surface area (Å²) in [7, 11) is 3.81. The highest BCUT2D eigenvalue weighted by Crippen LogP contribution is 2.41. The highest BCUT2D eigenvalue weighted by molar-refractivity contribution is 6.30. The number of likely N-dealkylation sites (N-methyl/N-ethyl adjacent to an activating group) is 1. The molecule has 0 saturated carbocycles. The van der Waals surface area contributed by atoms with Crippen LogP contribution in [-0.4, -0.2) is 31.0 Å². The zero-order valence-electron chi connectivity index (χ0n) is 10.7. The molecule has 0 spiro atoms. The molecule has 0 N–H and O–H groups in total. The Morgan fingerprint density at radius 2 is 2.06 bits per heavy atom. The van der Waals surface area contributed by atoms with E-state index in [1.807, 2.05) is 19.0 Å². The van der Waals surface area contributed by atoms with Gasteiger partial charge in [0.1, 0.15) is 5.76 Å². The maximum atomic E-state index is 12.0. The van der Waals surface area contributed by atoms with Gasteiger partial charge in [0.15, 0.2) is 12.0 Å². The molecule has 0 aromatic heterocycles. The number of halogens is 1. The number of hydrogen-bond donors (Lipinski definition) is 0. The first-order valence-corrected chi connectivity index (χ1v) is 6.14. The number of carbonyl (C=O) groups is 1. The number of Topliss-reactive ketones (excluding diaryl/α,β-unsaturated/α-hetero) is 1. The largest absolute Gasteiger partial charge is 0.474 e. The van der Waals surface area contributed by atoms with Crippen molar-refractivity contribution in [1.82, 2.24) is 4.90 Å². The summed E-state index contributed by atoms with van der Waals surface area (Å²) in [4.78, 5) is 13.9. The van der Waals surface area contributed by atoms with E-state index in [0.29, 0.717) is 17.0 Å². The van der Waals surface area contributed by atoms with E-state index in [-0.39, 0.29) is 17.4 Å². The Labute approximate surface area is 107 Å². The molecule has 0 aromatic carbocycles. The SMILES string of the molecule is CN(C)C1OC2=C(C=C1Cl)C(=O)CC(C)(C)C2. The van der Waals surface area contributed by atoms with E-state index >= 15 is 0 Å². The number of carbonyl (C=O) groups excluding carboxylic acids is 1. The Hall–Kier alpha value is -0.800. The summed E-state index contributed by atoms with van der Waals surface area (Å²) in [5.74, 6) is 0.918. The van der Waals surface area contributed by atoms with E-state index in [9.17, 15) is 4.79 Å². The number of nitrogens with zero attached hydrogens (tertiary/aromatic N) is 1. The zero-order chi connectivity index (χ0) is 12.8. The van der Waals surface area contributed by atoms with Crippen molar-refractivity contribution in [3.8, 4) is 0 Å². The molecule has 0 fully saturated rings. The van der Waals surface area contributed by atoms with Crippen molar-refractivity contribution in [3.05, 3.63) is 22.4 Å². The highest BCUT2D eigenvalue weighted by Gasteiger charge is 2.37. The van der Waals surface area contributed by atoms with Gasteiger partial charge < -0.3 is 4.74 Å². The van der Waals surface area contributed by atoms with Crippen LogP contribution in [0.4, 0.5) is 0 Å². The van der Waals surface area contributed by atoms with E-state index in [1.165, 1.54) is 0 Å². The molecule has 2 rings (SSSR count). The van der Waals surface area contributed by atoms with Crippen LogP contribution in [0.15, 0.2) is 22.4 Å². The molecule has 4 heteroatoms. The number of rotatable bonds is 1. The van der Waals surface area contributed by atoms with Gasteiger partial charge in [-0.15, -0.1) is 0 Å². The summed E-state index contributed by atoms with van der Waals surface area (Å²) in [6, 6.07) is 0. The van der Waals surface area contributed by atoms with Crippen LogP contribution in [0.2, 0.25) is 0 Å². The standard InChI is InChI=1S/C13H18ClNO2/c1-13(2)6-10(16)8-5-9(14)12(15(3)4)17-11(8)7-13/h5,12H,6-7H2,1-4H3. The summed E-state index contributed by atoms with van der Waals surface area (Å²) in [6.45, 7) is 4.17. The molecule has 1 atom stereocenters. The van der Waals surface area contributed by atoms with Crippen LogP contribution in [0.1, 0.15) is 26.7 Å². The van der Waals surface area contributed by atoms with Gasteiger partial charge in [0.2, 0.25) is 0 Å². The van der Waals surface area contributed by atoms with E-state index in [4.69, 9.17) is 16.3 Å². The fourth-order valence-corrected chi connectivity index (χ4v) is 2.65. The highest BCUT2D eigenvalue weighted by atomic mass is 35.5. The van der Waals surface area contributed by atoms with Crippen molar-refractivity contribution in [1.29, 1.82) is 0 Å². The van der Waals surface area contributed by atoms with Gasteiger partial charge in [-0.1, -0.05) is 25.4 Å². The molecular formula is C13H18ClNO2. The Morgan fingerprint density at radius 1 is 1.41 bits per heavy atom. The van der Waals surface area contributed by atoms with Gasteiger partial charge in [-0.05, 0) is 25.6 Å². The van der Waals surface area contributed by atoms with E-state index in [1.54, 1.807) is 6.08 Å². The topological polar surface area (TPSA) is 29.5 Å².